The minimum atomic E-state index is 1.04. The van der Waals surface area contributed by atoms with E-state index < -0.39 is 0 Å². The van der Waals surface area contributed by atoms with E-state index in [1.54, 1.807) is 0 Å². The Balaban J connectivity index is 1.89. The molecule has 0 amide bonds. The number of hydrogen-bond donors (Lipinski definition) is 0. The number of allylic oxidation sites excluding steroid dienone is 4. The highest BCUT2D eigenvalue weighted by Gasteiger charge is 2.17. The Hall–Kier alpha value is -4.10. The number of aryl methyl sites for hydroxylation is 2. The smallest absolute Gasteiger partial charge is 0.0540 e. The van der Waals surface area contributed by atoms with E-state index in [0.717, 1.165) is 28.2 Å². The van der Waals surface area contributed by atoms with Gasteiger partial charge in [-0.05, 0) is 72.0 Å². The van der Waals surface area contributed by atoms with Crippen LogP contribution in [0.25, 0.3) is 16.7 Å². The van der Waals surface area contributed by atoms with Crippen LogP contribution in [-0.4, -0.2) is 0 Å². The van der Waals surface area contributed by atoms with E-state index in [1.807, 2.05) is 24.3 Å². The Bertz CT molecular complexity index is 1290. The molecule has 0 saturated carbocycles. The Morgan fingerprint density at radius 1 is 0.667 bits per heavy atom. The van der Waals surface area contributed by atoms with Crippen LogP contribution in [0.4, 0.5) is 17.1 Å². The highest BCUT2D eigenvalue weighted by atomic mass is 15.1. The molecule has 0 saturated heterocycles. The maximum atomic E-state index is 4.04. The molecule has 1 nitrogen and oxygen atoms in total. The van der Waals surface area contributed by atoms with Crippen LogP contribution < -0.4 is 4.90 Å². The van der Waals surface area contributed by atoms with Crippen molar-refractivity contribution in [3.63, 3.8) is 0 Å². The third-order valence-corrected chi connectivity index (χ3v) is 5.95. The fourth-order valence-electron chi connectivity index (χ4n) is 4.03. The summed E-state index contributed by atoms with van der Waals surface area (Å²) in [5.41, 5.74) is 10.4. The maximum absolute atomic E-state index is 4.04. The molecule has 0 heterocycles. The minimum absolute atomic E-state index is 1.04. The van der Waals surface area contributed by atoms with E-state index in [0.29, 0.717) is 0 Å². The lowest BCUT2D eigenvalue weighted by molar-refractivity contribution is 1.24. The summed E-state index contributed by atoms with van der Waals surface area (Å²) in [6.07, 6.45) is 5.70. The maximum Gasteiger partial charge on any atom is 0.0540 e. The molecule has 4 aromatic carbocycles. The molecule has 0 N–H and O–H groups in total. The molecule has 0 fully saturated rings. The predicted molar refractivity (Wildman–Crippen MR) is 144 cm³/mol. The second-order valence-electron chi connectivity index (χ2n) is 8.10. The average Bonchev–Trinajstić information content (AvgIpc) is 2.86. The molecule has 0 aliphatic carbocycles. The molecule has 4 rings (SSSR count). The highest BCUT2D eigenvalue weighted by Crippen LogP contribution is 2.40. The van der Waals surface area contributed by atoms with Crippen LogP contribution in [0.15, 0.2) is 128 Å². The second-order valence-corrected chi connectivity index (χ2v) is 8.10. The number of para-hydroxylation sites is 1. The van der Waals surface area contributed by atoms with E-state index >= 15 is 0 Å². The van der Waals surface area contributed by atoms with Gasteiger partial charge >= 0.3 is 0 Å². The number of hydrogen-bond acceptors (Lipinski definition) is 1. The molecule has 162 valence electrons. The zero-order chi connectivity index (χ0) is 23.2. The van der Waals surface area contributed by atoms with E-state index in [-0.39, 0.29) is 0 Å². The lowest BCUT2D eigenvalue weighted by Crippen LogP contribution is -2.12. The Morgan fingerprint density at radius 3 is 1.97 bits per heavy atom. The molecule has 0 spiro atoms. The van der Waals surface area contributed by atoms with E-state index in [4.69, 9.17) is 0 Å². The van der Waals surface area contributed by atoms with Gasteiger partial charge in [-0.3, -0.25) is 0 Å². The first kappa shape index (κ1) is 22.1. The van der Waals surface area contributed by atoms with Gasteiger partial charge in [0.25, 0.3) is 0 Å². The number of anilines is 3. The van der Waals surface area contributed by atoms with Crippen molar-refractivity contribution in [2.75, 3.05) is 4.90 Å². The van der Waals surface area contributed by atoms with Crippen LogP contribution in [0, 0.1) is 13.8 Å². The fraction of sp³-hybridized carbons (Fsp3) is 0.0625. The first-order chi connectivity index (χ1) is 16.1. The zero-order valence-electron chi connectivity index (χ0n) is 19.3. The largest absolute Gasteiger partial charge is 0.310 e. The SMILES string of the molecule is C=C/C=C(\C=C)c1ccccc1N(c1ccc(-c2ccccc2)cc1)c1ccc(C)c(C)c1. The fourth-order valence-corrected chi connectivity index (χ4v) is 4.03. The Morgan fingerprint density at radius 2 is 1.30 bits per heavy atom. The average molecular weight is 428 g/mol. The first-order valence-corrected chi connectivity index (χ1v) is 11.2. The van der Waals surface area contributed by atoms with Crippen molar-refractivity contribution in [3.05, 3.63) is 145 Å². The molecular weight excluding hydrogens is 398 g/mol. The minimum Gasteiger partial charge on any atom is -0.310 e. The molecule has 0 aromatic heterocycles. The molecule has 0 radical (unpaired) electrons. The molecule has 1 heteroatoms. The number of nitrogens with zero attached hydrogens (tertiary/aromatic N) is 1. The summed E-state index contributed by atoms with van der Waals surface area (Å²) in [5, 5.41) is 0. The quantitative estimate of drug-likeness (QED) is 0.266. The molecule has 0 aliphatic heterocycles. The van der Waals surface area contributed by atoms with Gasteiger partial charge in [0.05, 0.1) is 5.69 Å². The van der Waals surface area contributed by atoms with Gasteiger partial charge in [0.15, 0.2) is 0 Å². The molecule has 4 aromatic rings. The van der Waals surface area contributed by atoms with Crippen molar-refractivity contribution in [1.29, 1.82) is 0 Å². The van der Waals surface area contributed by atoms with Gasteiger partial charge in [-0.15, -0.1) is 0 Å². The zero-order valence-corrected chi connectivity index (χ0v) is 19.3. The lowest BCUT2D eigenvalue weighted by Gasteiger charge is -2.28. The van der Waals surface area contributed by atoms with Crippen molar-refractivity contribution in [2.45, 2.75) is 13.8 Å². The molecule has 0 atom stereocenters. The normalized spacial score (nSPS) is 11.2. The third kappa shape index (κ3) is 4.73. The van der Waals surface area contributed by atoms with Gasteiger partial charge in [-0.1, -0.05) is 98.1 Å². The van der Waals surface area contributed by atoms with Crippen molar-refractivity contribution in [1.82, 2.24) is 0 Å². The second kappa shape index (κ2) is 10.0. The molecule has 0 unspecified atom stereocenters. The van der Waals surface area contributed by atoms with Crippen molar-refractivity contribution < 1.29 is 0 Å². The van der Waals surface area contributed by atoms with Gasteiger partial charge in [0.1, 0.15) is 0 Å². The first-order valence-electron chi connectivity index (χ1n) is 11.2. The molecular formula is C32H29N. The van der Waals surface area contributed by atoms with Gasteiger partial charge in [-0.2, -0.15) is 0 Å². The van der Waals surface area contributed by atoms with Crippen LogP contribution in [-0.2, 0) is 0 Å². The molecule has 0 bridgehead atoms. The van der Waals surface area contributed by atoms with E-state index in [1.165, 1.54) is 22.3 Å². The summed E-state index contributed by atoms with van der Waals surface area (Å²) in [4.78, 5) is 2.32. The summed E-state index contributed by atoms with van der Waals surface area (Å²) in [6.45, 7) is 12.2. The summed E-state index contributed by atoms with van der Waals surface area (Å²) in [5.74, 6) is 0. The van der Waals surface area contributed by atoms with Gasteiger partial charge in [0.2, 0.25) is 0 Å². The van der Waals surface area contributed by atoms with Gasteiger partial charge < -0.3 is 4.90 Å². The van der Waals surface area contributed by atoms with Gasteiger partial charge in [-0.25, -0.2) is 0 Å². The summed E-state index contributed by atoms with van der Waals surface area (Å²) >= 11 is 0. The molecule has 0 aliphatic rings. The Kier molecular flexibility index (Phi) is 6.71. The topological polar surface area (TPSA) is 3.24 Å². The van der Waals surface area contributed by atoms with Crippen LogP contribution in [0.3, 0.4) is 0 Å². The van der Waals surface area contributed by atoms with Crippen molar-refractivity contribution in [3.8, 4) is 11.1 Å². The molecule has 33 heavy (non-hydrogen) atoms. The Labute approximate surface area is 197 Å². The third-order valence-electron chi connectivity index (χ3n) is 5.95. The number of benzene rings is 4. The van der Waals surface area contributed by atoms with Gasteiger partial charge in [0, 0.05) is 16.9 Å². The summed E-state index contributed by atoms with van der Waals surface area (Å²) in [6, 6.07) is 34.3. The van der Waals surface area contributed by atoms with Crippen LogP contribution in [0.2, 0.25) is 0 Å². The predicted octanol–water partition coefficient (Wildman–Crippen LogP) is 9.20. The van der Waals surface area contributed by atoms with Crippen LogP contribution in [0.1, 0.15) is 16.7 Å². The van der Waals surface area contributed by atoms with E-state index in [2.05, 4.69) is 123 Å². The van der Waals surface area contributed by atoms with E-state index in [9.17, 15) is 0 Å². The lowest BCUT2D eigenvalue weighted by atomic mass is 10.00. The highest BCUT2D eigenvalue weighted by molar-refractivity contribution is 5.89. The van der Waals surface area contributed by atoms with Crippen molar-refractivity contribution in [2.24, 2.45) is 0 Å². The van der Waals surface area contributed by atoms with Crippen LogP contribution >= 0.6 is 0 Å². The summed E-state index contributed by atoms with van der Waals surface area (Å²) in [7, 11) is 0. The number of rotatable bonds is 7. The van der Waals surface area contributed by atoms with Crippen molar-refractivity contribution >= 4 is 22.6 Å². The standard InChI is InChI=1S/C32H29N/c1-5-12-26(6-2)31-15-10-11-16-32(31)33(30-20-17-24(3)25(4)23-30)29-21-18-28(19-22-29)27-13-8-7-9-14-27/h5-23H,1-2H2,3-4H3/b26-12+. The van der Waals surface area contributed by atoms with Crippen LogP contribution in [0.5, 0.6) is 0 Å². The summed E-state index contributed by atoms with van der Waals surface area (Å²) < 4.78 is 0. The monoisotopic (exact) mass is 427 g/mol.